The van der Waals surface area contributed by atoms with Gasteiger partial charge < -0.3 is 10.1 Å². The van der Waals surface area contributed by atoms with E-state index in [1.807, 2.05) is 0 Å². The van der Waals surface area contributed by atoms with Gasteiger partial charge in [0.1, 0.15) is 5.75 Å². The Labute approximate surface area is 118 Å². The first-order valence-electron chi connectivity index (χ1n) is 6.96. The second kappa shape index (κ2) is 7.15. The van der Waals surface area contributed by atoms with Crippen LogP contribution in [0, 0.1) is 0 Å². The Kier molecular flexibility index (Phi) is 5.51. The Morgan fingerprint density at radius 3 is 2.78 bits per heavy atom. The van der Waals surface area contributed by atoms with Crippen molar-refractivity contribution in [2.75, 3.05) is 6.54 Å². The van der Waals surface area contributed by atoms with Gasteiger partial charge in [0.25, 0.3) is 0 Å². The van der Waals surface area contributed by atoms with Crippen LogP contribution < -0.4 is 10.1 Å². The van der Waals surface area contributed by atoms with E-state index < -0.39 is 0 Å². The normalized spacial score (nSPS) is 16.8. The summed E-state index contributed by atoms with van der Waals surface area (Å²) < 4.78 is 7.30. The molecule has 1 aromatic carbocycles. The lowest BCUT2D eigenvalue weighted by molar-refractivity contribution is 0.152. The van der Waals surface area contributed by atoms with E-state index >= 15 is 0 Å². The lowest BCUT2D eigenvalue weighted by atomic mass is 9.97. The van der Waals surface area contributed by atoms with Crippen molar-refractivity contribution in [3.63, 3.8) is 0 Å². The average Bonchev–Trinajstić information content (AvgIpc) is 2.41. The molecule has 0 amide bonds. The minimum atomic E-state index is 0.401. The fraction of sp³-hybridized carbons (Fsp3) is 0.600. The summed E-state index contributed by atoms with van der Waals surface area (Å²) in [5, 5.41) is 3.37. The molecular weight excluding hydrogens is 290 g/mol. The van der Waals surface area contributed by atoms with E-state index in [2.05, 4.69) is 46.4 Å². The van der Waals surface area contributed by atoms with E-state index in [-0.39, 0.29) is 0 Å². The highest BCUT2D eigenvalue weighted by Gasteiger charge is 2.17. The van der Waals surface area contributed by atoms with Gasteiger partial charge in [-0.1, -0.05) is 25.5 Å². The van der Waals surface area contributed by atoms with Gasteiger partial charge in [0.05, 0.1) is 10.6 Å². The Morgan fingerprint density at radius 1 is 1.28 bits per heavy atom. The van der Waals surface area contributed by atoms with Crippen LogP contribution in [0.15, 0.2) is 22.7 Å². The van der Waals surface area contributed by atoms with Gasteiger partial charge >= 0.3 is 0 Å². The van der Waals surface area contributed by atoms with Crippen LogP contribution in [0.1, 0.15) is 44.6 Å². The Bertz CT molecular complexity index is 375. The minimum Gasteiger partial charge on any atom is -0.489 e. The summed E-state index contributed by atoms with van der Waals surface area (Å²) in [7, 11) is 0. The van der Waals surface area contributed by atoms with Gasteiger partial charge in [-0.05, 0) is 54.2 Å². The highest BCUT2D eigenvalue weighted by molar-refractivity contribution is 9.10. The molecule has 1 saturated carbocycles. The van der Waals surface area contributed by atoms with Gasteiger partial charge in [-0.3, -0.25) is 0 Å². The molecule has 1 aromatic rings. The smallest absolute Gasteiger partial charge is 0.138 e. The van der Waals surface area contributed by atoms with Crippen molar-refractivity contribution < 1.29 is 4.74 Å². The van der Waals surface area contributed by atoms with E-state index in [9.17, 15) is 0 Å². The number of rotatable bonds is 5. The monoisotopic (exact) mass is 311 g/mol. The molecule has 0 unspecified atom stereocenters. The molecule has 0 spiro atoms. The maximum absolute atomic E-state index is 6.23. The Hall–Kier alpha value is -0.540. The van der Waals surface area contributed by atoms with Crippen molar-refractivity contribution in [3.8, 4) is 5.75 Å². The van der Waals surface area contributed by atoms with Crippen LogP contribution in [0.2, 0.25) is 0 Å². The molecule has 100 valence electrons. The molecule has 1 aliphatic carbocycles. The SMILES string of the molecule is CCNCc1cccc(Br)c1OC1CCCCC1. The maximum atomic E-state index is 6.23. The number of para-hydroxylation sites is 1. The third-order valence-corrected chi connectivity index (χ3v) is 4.08. The van der Waals surface area contributed by atoms with Crippen LogP contribution in [0.3, 0.4) is 0 Å². The number of hydrogen-bond donors (Lipinski definition) is 1. The third-order valence-electron chi connectivity index (χ3n) is 3.45. The van der Waals surface area contributed by atoms with E-state index in [0.717, 1.165) is 23.3 Å². The quantitative estimate of drug-likeness (QED) is 0.876. The first-order valence-corrected chi connectivity index (χ1v) is 7.75. The summed E-state index contributed by atoms with van der Waals surface area (Å²) in [6.45, 7) is 3.98. The second-order valence-electron chi connectivity index (χ2n) is 4.89. The zero-order valence-electron chi connectivity index (χ0n) is 11.0. The third kappa shape index (κ3) is 3.72. The molecule has 2 nitrogen and oxygen atoms in total. The van der Waals surface area contributed by atoms with E-state index in [1.165, 1.54) is 37.7 Å². The molecule has 3 heteroatoms. The van der Waals surface area contributed by atoms with Crippen molar-refractivity contribution in [2.45, 2.75) is 51.7 Å². The van der Waals surface area contributed by atoms with E-state index in [0.29, 0.717) is 6.10 Å². The molecule has 0 aliphatic heterocycles. The molecule has 1 fully saturated rings. The van der Waals surface area contributed by atoms with Crippen LogP contribution >= 0.6 is 15.9 Å². The van der Waals surface area contributed by atoms with Crippen molar-refractivity contribution in [3.05, 3.63) is 28.2 Å². The van der Waals surface area contributed by atoms with E-state index in [1.54, 1.807) is 0 Å². The number of ether oxygens (including phenoxy) is 1. The molecule has 0 radical (unpaired) electrons. The largest absolute Gasteiger partial charge is 0.489 e. The predicted octanol–water partition coefficient (Wildman–Crippen LogP) is 4.27. The zero-order valence-corrected chi connectivity index (χ0v) is 12.6. The second-order valence-corrected chi connectivity index (χ2v) is 5.74. The molecule has 2 rings (SSSR count). The van der Waals surface area contributed by atoms with Gasteiger partial charge in [-0.2, -0.15) is 0 Å². The molecule has 0 saturated heterocycles. The number of halogens is 1. The van der Waals surface area contributed by atoms with Crippen LogP contribution in [-0.4, -0.2) is 12.6 Å². The summed E-state index contributed by atoms with van der Waals surface area (Å²) >= 11 is 3.61. The number of hydrogen-bond acceptors (Lipinski definition) is 2. The Morgan fingerprint density at radius 2 is 2.06 bits per heavy atom. The zero-order chi connectivity index (χ0) is 12.8. The predicted molar refractivity (Wildman–Crippen MR) is 79.0 cm³/mol. The average molecular weight is 312 g/mol. The molecule has 0 aromatic heterocycles. The first kappa shape index (κ1) is 13.9. The highest BCUT2D eigenvalue weighted by atomic mass is 79.9. The summed E-state index contributed by atoms with van der Waals surface area (Å²) in [6.07, 6.45) is 6.76. The Balaban J connectivity index is 2.08. The molecule has 18 heavy (non-hydrogen) atoms. The number of nitrogens with one attached hydrogen (secondary N) is 1. The van der Waals surface area contributed by atoms with Gasteiger partial charge in [-0.15, -0.1) is 0 Å². The molecule has 0 heterocycles. The van der Waals surface area contributed by atoms with Crippen LogP contribution in [-0.2, 0) is 6.54 Å². The minimum absolute atomic E-state index is 0.401. The summed E-state index contributed by atoms with van der Waals surface area (Å²) in [6, 6.07) is 6.28. The first-order chi connectivity index (χ1) is 8.81. The molecule has 0 bridgehead atoms. The van der Waals surface area contributed by atoms with Crippen LogP contribution in [0.4, 0.5) is 0 Å². The molecular formula is C15H22BrNO. The van der Waals surface area contributed by atoms with Crippen molar-refractivity contribution >= 4 is 15.9 Å². The van der Waals surface area contributed by atoms with Crippen LogP contribution in [0.5, 0.6) is 5.75 Å². The van der Waals surface area contributed by atoms with Crippen molar-refractivity contribution in [2.24, 2.45) is 0 Å². The van der Waals surface area contributed by atoms with Crippen molar-refractivity contribution in [1.82, 2.24) is 5.32 Å². The van der Waals surface area contributed by atoms with E-state index in [4.69, 9.17) is 4.74 Å². The lowest BCUT2D eigenvalue weighted by Crippen LogP contribution is -2.21. The fourth-order valence-corrected chi connectivity index (χ4v) is 2.93. The van der Waals surface area contributed by atoms with Crippen LogP contribution in [0.25, 0.3) is 0 Å². The fourth-order valence-electron chi connectivity index (χ4n) is 2.43. The topological polar surface area (TPSA) is 21.3 Å². The molecule has 1 N–H and O–H groups in total. The maximum Gasteiger partial charge on any atom is 0.138 e. The number of benzene rings is 1. The summed E-state index contributed by atoms with van der Waals surface area (Å²) in [5.41, 5.74) is 1.25. The molecule has 0 atom stereocenters. The standard InChI is InChI=1S/C15H22BrNO/c1-2-17-11-12-7-6-10-14(16)15(12)18-13-8-4-3-5-9-13/h6-7,10,13,17H,2-5,8-9,11H2,1H3. The van der Waals surface area contributed by atoms with Gasteiger partial charge in [0.2, 0.25) is 0 Å². The lowest BCUT2D eigenvalue weighted by Gasteiger charge is -2.25. The summed E-state index contributed by atoms with van der Waals surface area (Å²) in [4.78, 5) is 0. The van der Waals surface area contributed by atoms with Gasteiger partial charge in [0, 0.05) is 12.1 Å². The van der Waals surface area contributed by atoms with Gasteiger partial charge in [-0.25, -0.2) is 0 Å². The summed E-state index contributed by atoms with van der Waals surface area (Å²) in [5.74, 6) is 1.03. The van der Waals surface area contributed by atoms with Crippen molar-refractivity contribution in [1.29, 1.82) is 0 Å². The highest BCUT2D eigenvalue weighted by Crippen LogP contribution is 2.32. The van der Waals surface area contributed by atoms with Gasteiger partial charge in [0.15, 0.2) is 0 Å². The molecule has 1 aliphatic rings.